The number of hydrogen-bond acceptors (Lipinski definition) is 12. The maximum absolute atomic E-state index is 15.5. The quantitative estimate of drug-likeness (QED) is 0.289. The molecule has 6 aliphatic rings. The van der Waals surface area contributed by atoms with E-state index in [1.165, 1.54) is 6.07 Å². The standard InChI is InChI=1S/C44H47ClFN9O6/c45-33-19-30(4-1-27(33)22-47)61-29-5-2-28(3-6-29)48-40(57)35-7-9-38(51-50-35)54-24-44(25-54)13-17-52(18-14-44)23-26-11-15-53(16-12-26)37-21-32-31(20-34(37)46)42(59)55(43(32)60)36-8-10-39(56)49-41(36)58/h1,4,7,9,19-21,26,28-29,36H,2-3,5-6,8,10-18,23-25H2,(H,48,57)(H,49,56,58). The van der Waals surface area contributed by atoms with Gasteiger partial charge in [0, 0.05) is 56.7 Å². The number of halogens is 2. The third-order valence-corrected chi connectivity index (χ3v) is 13.8. The lowest BCUT2D eigenvalue weighted by Gasteiger charge is -2.54. The van der Waals surface area contributed by atoms with Crippen LogP contribution in [0.2, 0.25) is 5.02 Å². The van der Waals surface area contributed by atoms with E-state index in [-0.39, 0.29) is 53.1 Å². The van der Waals surface area contributed by atoms with Crippen molar-refractivity contribution in [2.45, 2.75) is 82.4 Å². The topological polar surface area (TPSA) is 181 Å². The summed E-state index contributed by atoms with van der Waals surface area (Å²) in [7, 11) is 0. The Balaban J connectivity index is 0.692. The SMILES string of the molecule is N#Cc1ccc(OC2CCC(NC(=O)c3ccc(N4CC5(CCN(CC6CCN(c7cc8c(cc7F)C(=O)N(C7CCC(=O)NC7=O)C8=O)CC6)CC5)C4)nn3)CC2)cc1Cl. The number of imide groups is 2. The molecule has 5 fully saturated rings. The van der Waals surface area contributed by atoms with Crippen LogP contribution in [0, 0.1) is 28.5 Å². The molecular weight excluding hydrogens is 805 g/mol. The Morgan fingerprint density at radius 2 is 1.62 bits per heavy atom. The van der Waals surface area contributed by atoms with Crippen molar-refractivity contribution in [3.8, 4) is 11.8 Å². The number of ether oxygens (including phenoxy) is 1. The maximum Gasteiger partial charge on any atom is 0.272 e. The van der Waals surface area contributed by atoms with Crippen molar-refractivity contribution in [2.75, 3.05) is 55.6 Å². The minimum absolute atomic E-state index is 0.0140. The number of fused-ring (bicyclic) bond motifs is 1. The highest BCUT2D eigenvalue weighted by atomic mass is 35.5. The molecular formula is C44H47ClFN9O6. The van der Waals surface area contributed by atoms with Crippen LogP contribution in [0.5, 0.6) is 5.75 Å². The fourth-order valence-electron chi connectivity index (χ4n) is 9.95. The smallest absolute Gasteiger partial charge is 0.272 e. The molecule has 15 nitrogen and oxygen atoms in total. The summed E-state index contributed by atoms with van der Waals surface area (Å²) in [4.78, 5) is 71.1. The van der Waals surface area contributed by atoms with Crippen LogP contribution in [-0.4, -0.2) is 114 Å². The second-order valence-corrected chi connectivity index (χ2v) is 17.9. The number of hydrogen-bond donors (Lipinski definition) is 2. The van der Waals surface area contributed by atoms with Crippen LogP contribution in [0.25, 0.3) is 0 Å². The summed E-state index contributed by atoms with van der Waals surface area (Å²) >= 11 is 6.15. The molecule has 1 saturated carbocycles. The first-order valence-electron chi connectivity index (χ1n) is 21.2. The Hall–Kier alpha value is -5.66. The molecule has 5 aliphatic heterocycles. The summed E-state index contributed by atoms with van der Waals surface area (Å²) in [5, 5.41) is 23.4. The second kappa shape index (κ2) is 16.7. The molecule has 2 aromatic carbocycles. The first-order chi connectivity index (χ1) is 29.5. The van der Waals surface area contributed by atoms with Gasteiger partial charge in [0.2, 0.25) is 11.8 Å². The van der Waals surface area contributed by atoms with Crippen molar-refractivity contribution in [1.82, 2.24) is 30.6 Å². The number of nitriles is 1. The summed E-state index contributed by atoms with van der Waals surface area (Å²) in [6.45, 7) is 6.07. The number of aromatic nitrogens is 2. The molecule has 0 radical (unpaired) electrons. The monoisotopic (exact) mass is 851 g/mol. The number of amides is 5. The minimum atomic E-state index is -1.09. The lowest BCUT2D eigenvalue weighted by atomic mass is 9.72. The number of rotatable bonds is 9. The zero-order chi connectivity index (χ0) is 42.4. The van der Waals surface area contributed by atoms with Gasteiger partial charge < -0.3 is 24.8 Å². The number of nitrogens with one attached hydrogen (secondary N) is 2. The summed E-state index contributed by atoms with van der Waals surface area (Å²) in [6.07, 6.45) is 7.14. The molecule has 6 heterocycles. The fraction of sp³-hybridized carbons (Fsp3) is 0.500. The Morgan fingerprint density at radius 1 is 0.902 bits per heavy atom. The molecule has 5 amide bonds. The predicted octanol–water partition coefficient (Wildman–Crippen LogP) is 4.48. The summed E-state index contributed by atoms with van der Waals surface area (Å²) in [6, 6.07) is 12.2. The van der Waals surface area contributed by atoms with Crippen molar-refractivity contribution >= 4 is 52.6 Å². The van der Waals surface area contributed by atoms with E-state index in [2.05, 4.69) is 30.6 Å². The summed E-state index contributed by atoms with van der Waals surface area (Å²) in [5.41, 5.74) is 1.27. The first-order valence-corrected chi connectivity index (χ1v) is 21.6. The van der Waals surface area contributed by atoms with E-state index >= 15 is 4.39 Å². The van der Waals surface area contributed by atoms with Gasteiger partial charge in [-0.2, -0.15) is 5.26 Å². The zero-order valence-electron chi connectivity index (χ0n) is 33.7. The number of anilines is 2. The van der Waals surface area contributed by atoms with E-state index in [4.69, 9.17) is 21.6 Å². The van der Waals surface area contributed by atoms with Gasteiger partial charge in [0.1, 0.15) is 23.7 Å². The highest BCUT2D eigenvalue weighted by molar-refractivity contribution is 6.31. The van der Waals surface area contributed by atoms with E-state index in [0.29, 0.717) is 41.0 Å². The molecule has 2 N–H and O–H groups in total. The molecule has 318 valence electrons. The molecule has 1 unspecified atom stereocenters. The summed E-state index contributed by atoms with van der Waals surface area (Å²) in [5.74, 6) is -1.43. The molecule has 0 bridgehead atoms. The molecule has 17 heteroatoms. The average Bonchev–Trinajstić information content (AvgIpc) is 3.48. The second-order valence-electron chi connectivity index (χ2n) is 17.5. The Kier molecular flexibility index (Phi) is 11.1. The molecule has 1 aromatic heterocycles. The Labute approximate surface area is 357 Å². The van der Waals surface area contributed by atoms with Gasteiger partial charge >= 0.3 is 0 Å². The molecule has 61 heavy (non-hydrogen) atoms. The van der Waals surface area contributed by atoms with E-state index < -0.39 is 35.5 Å². The molecule has 1 atom stereocenters. The highest BCUT2D eigenvalue weighted by Crippen LogP contribution is 2.43. The van der Waals surface area contributed by atoms with E-state index in [9.17, 15) is 24.0 Å². The molecule has 4 saturated heterocycles. The average molecular weight is 852 g/mol. The van der Waals surface area contributed by atoms with Crippen molar-refractivity contribution in [3.63, 3.8) is 0 Å². The van der Waals surface area contributed by atoms with Gasteiger partial charge in [0.15, 0.2) is 11.5 Å². The van der Waals surface area contributed by atoms with Gasteiger partial charge in [-0.05, 0) is 113 Å². The van der Waals surface area contributed by atoms with Crippen LogP contribution in [0.1, 0.15) is 101 Å². The van der Waals surface area contributed by atoms with Gasteiger partial charge in [-0.3, -0.25) is 34.2 Å². The molecule has 1 spiro atoms. The van der Waals surface area contributed by atoms with Gasteiger partial charge in [0.05, 0.1) is 33.5 Å². The number of benzene rings is 2. The summed E-state index contributed by atoms with van der Waals surface area (Å²) < 4.78 is 21.5. The molecule has 1 aliphatic carbocycles. The van der Waals surface area contributed by atoms with E-state index in [0.717, 1.165) is 101 Å². The number of carbonyl (C=O) groups excluding carboxylic acids is 5. The van der Waals surface area contributed by atoms with Crippen molar-refractivity contribution < 1.29 is 33.1 Å². The molecule has 9 rings (SSSR count). The fourth-order valence-corrected chi connectivity index (χ4v) is 10.2. The Bertz CT molecular complexity index is 2290. The van der Waals surface area contributed by atoms with Crippen molar-refractivity contribution in [2.24, 2.45) is 11.3 Å². The molecule has 3 aromatic rings. The normalized spacial score (nSPS) is 24.3. The van der Waals surface area contributed by atoms with Gasteiger partial charge in [-0.25, -0.2) is 4.39 Å². The van der Waals surface area contributed by atoms with Crippen LogP contribution < -0.4 is 25.2 Å². The van der Waals surface area contributed by atoms with Gasteiger partial charge in [-0.15, -0.1) is 10.2 Å². The maximum atomic E-state index is 15.5. The number of carbonyl (C=O) groups is 5. The number of piperidine rings is 3. The Morgan fingerprint density at radius 3 is 2.28 bits per heavy atom. The van der Waals surface area contributed by atoms with Crippen LogP contribution in [-0.2, 0) is 9.59 Å². The predicted molar refractivity (Wildman–Crippen MR) is 221 cm³/mol. The zero-order valence-corrected chi connectivity index (χ0v) is 34.5. The van der Waals surface area contributed by atoms with Crippen LogP contribution >= 0.6 is 11.6 Å². The number of likely N-dealkylation sites (tertiary alicyclic amines) is 1. The van der Waals surface area contributed by atoms with Gasteiger partial charge in [0.25, 0.3) is 17.7 Å². The largest absolute Gasteiger partial charge is 0.490 e. The van der Waals surface area contributed by atoms with Gasteiger partial charge in [-0.1, -0.05) is 11.6 Å². The van der Waals surface area contributed by atoms with Crippen molar-refractivity contribution in [3.05, 3.63) is 75.7 Å². The third kappa shape index (κ3) is 8.25. The van der Waals surface area contributed by atoms with Crippen molar-refractivity contribution in [1.29, 1.82) is 5.26 Å². The first kappa shape index (κ1) is 40.7. The third-order valence-electron chi connectivity index (χ3n) is 13.5. The van der Waals surface area contributed by atoms with E-state index in [1.54, 1.807) is 24.3 Å². The van der Waals surface area contributed by atoms with E-state index in [1.807, 2.05) is 17.0 Å². The highest BCUT2D eigenvalue weighted by Gasteiger charge is 2.47. The van der Waals surface area contributed by atoms with Crippen LogP contribution in [0.4, 0.5) is 15.9 Å². The number of nitrogens with zero attached hydrogens (tertiary/aromatic N) is 7. The lowest BCUT2D eigenvalue weighted by Crippen LogP contribution is -2.61. The minimum Gasteiger partial charge on any atom is -0.490 e. The van der Waals surface area contributed by atoms with Crippen LogP contribution in [0.3, 0.4) is 0 Å². The lowest BCUT2D eigenvalue weighted by molar-refractivity contribution is -0.136. The van der Waals surface area contributed by atoms with Crippen LogP contribution in [0.15, 0.2) is 42.5 Å².